The molecule has 0 bridgehead atoms. The first-order valence-electron chi connectivity index (χ1n) is 5.17. The summed E-state index contributed by atoms with van der Waals surface area (Å²) in [5.74, 6) is -0.122. The highest BCUT2D eigenvalue weighted by molar-refractivity contribution is 5.72. The van der Waals surface area contributed by atoms with Gasteiger partial charge < -0.3 is 0 Å². The summed E-state index contributed by atoms with van der Waals surface area (Å²) >= 11 is 0. The van der Waals surface area contributed by atoms with E-state index in [2.05, 4.69) is 9.97 Å². The van der Waals surface area contributed by atoms with E-state index in [0.717, 1.165) is 11.1 Å². The maximum absolute atomic E-state index is 13.2. The Morgan fingerprint density at radius 1 is 1.24 bits per heavy atom. The van der Waals surface area contributed by atoms with Crippen LogP contribution in [-0.4, -0.2) is 16.3 Å². The molecule has 0 saturated heterocycles. The zero-order valence-electron chi connectivity index (χ0n) is 9.57. The molecule has 17 heavy (non-hydrogen) atoms. The third kappa shape index (κ3) is 2.20. The monoisotopic (exact) mass is 230 g/mol. The van der Waals surface area contributed by atoms with Crippen molar-refractivity contribution in [1.82, 2.24) is 9.97 Å². The van der Waals surface area contributed by atoms with Crippen LogP contribution in [0.2, 0.25) is 0 Å². The van der Waals surface area contributed by atoms with Crippen LogP contribution in [0.4, 0.5) is 4.39 Å². The topological polar surface area (TPSA) is 42.9 Å². The fourth-order valence-electron chi connectivity index (χ4n) is 1.60. The minimum Gasteiger partial charge on any atom is -0.294 e. The molecule has 1 heterocycles. The molecule has 0 saturated carbocycles. The van der Waals surface area contributed by atoms with Crippen LogP contribution in [0, 0.1) is 19.7 Å². The summed E-state index contributed by atoms with van der Waals surface area (Å²) in [5.41, 5.74) is 2.84. The van der Waals surface area contributed by atoms with Gasteiger partial charge in [0.15, 0.2) is 12.1 Å². The van der Waals surface area contributed by atoms with Crippen molar-refractivity contribution < 1.29 is 9.18 Å². The Bertz CT molecular complexity index is 582. The molecule has 0 spiro atoms. The minimum atomic E-state index is -0.254. The lowest BCUT2D eigenvalue weighted by Crippen LogP contribution is -1.98. The van der Waals surface area contributed by atoms with Crippen molar-refractivity contribution in [3.63, 3.8) is 0 Å². The van der Waals surface area contributed by atoms with Crippen LogP contribution in [0.5, 0.6) is 0 Å². The number of nitrogens with zero attached hydrogens (tertiary/aromatic N) is 2. The van der Waals surface area contributed by atoms with Crippen molar-refractivity contribution in [2.75, 3.05) is 0 Å². The molecule has 3 nitrogen and oxygen atoms in total. The predicted molar refractivity (Wildman–Crippen MR) is 62.3 cm³/mol. The van der Waals surface area contributed by atoms with Gasteiger partial charge in [0.05, 0.1) is 5.69 Å². The van der Waals surface area contributed by atoms with Gasteiger partial charge in [0.1, 0.15) is 5.82 Å². The first kappa shape index (κ1) is 11.4. The summed E-state index contributed by atoms with van der Waals surface area (Å²) in [6.45, 7) is 3.54. The standard InChI is InChI=1S/C13H11FN2O/c1-8-5-10(3-4-11(8)14)13-9(2)6-15-12(7-17)16-13/h3-7H,1-2H3. The summed E-state index contributed by atoms with van der Waals surface area (Å²) in [6, 6.07) is 4.75. The normalized spacial score (nSPS) is 10.3. The molecule has 86 valence electrons. The highest BCUT2D eigenvalue weighted by atomic mass is 19.1. The van der Waals surface area contributed by atoms with E-state index >= 15 is 0 Å². The van der Waals surface area contributed by atoms with Gasteiger partial charge in [-0.1, -0.05) is 0 Å². The van der Waals surface area contributed by atoms with E-state index in [-0.39, 0.29) is 11.6 Å². The molecule has 0 fully saturated rings. The summed E-state index contributed by atoms with van der Waals surface area (Å²) in [4.78, 5) is 18.6. The van der Waals surface area contributed by atoms with Crippen LogP contribution in [0.3, 0.4) is 0 Å². The molecule has 2 rings (SSSR count). The Labute approximate surface area is 98.3 Å². The number of carbonyl (C=O) groups excluding carboxylic acids is 1. The van der Waals surface area contributed by atoms with Gasteiger partial charge in [0, 0.05) is 11.8 Å². The average Bonchev–Trinajstić information content (AvgIpc) is 2.33. The lowest BCUT2D eigenvalue weighted by atomic mass is 10.1. The minimum absolute atomic E-state index is 0.132. The van der Waals surface area contributed by atoms with Crippen molar-refractivity contribution in [2.45, 2.75) is 13.8 Å². The van der Waals surface area contributed by atoms with Gasteiger partial charge in [-0.25, -0.2) is 14.4 Å². The molecule has 4 heteroatoms. The van der Waals surface area contributed by atoms with Crippen LogP contribution in [0.1, 0.15) is 21.7 Å². The molecule has 0 N–H and O–H groups in total. The summed E-state index contributed by atoms with van der Waals surface area (Å²) in [5, 5.41) is 0. The second-order valence-electron chi connectivity index (χ2n) is 3.84. The number of hydrogen-bond donors (Lipinski definition) is 0. The fraction of sp³-hybridized carbons (Fsp3) is 0.154. The molecule has 1 aromatic carbocycles. The number of rotatable bonds is 2. The van der Waals surface area contributed by atoms with E-state index in [1.54, 1.807) is 25.3 Å². The van der Waals surface area contributed by atoms with E-state index in [1.807, 2.05) is 6.92 Å². The zero-order chi connectivity index (χ0) is 12.4. The molecule has 0 aliphatic carbocycles. The van der Waals surface area contributed by atoms with Gasteiger partial charge in [0.25, 0.3) is 0 Å². The lowest BCUT2D eigenvalue weighted by molar-refractivity contribution is 0.111. The van der Waals surface area contributed by atoms with Gasteiger partial charge in [-0.15, -0.1) is 0 Å². The van der Waals surface area contributed by atoms with Crippen LogP contribution in [0.15, 0.2) is 24.4 Å². The van der Waals surface area contributed by atoms with E-state index in [9.17, 15) is 9.18 Å². The smallest absolute Gasteiger partial charge is 0.193 e. The maximum atomic E-state index is 13.2. The van der Waals surface area contributed by atoms with Gasteiger partial charge in [-0.2, -0.15) is 0 Å². The molecule has 0 radical (unpaired) electrons. The summed E-state index contributed by atoms with van der Waals surface area (Å²) < 4.78 is 13.2. The van der Waals surface area contributed by atoms with Crippen molar-refractivity contribution >= 4 is 6.29 Å². The lowest BCUT2D eigenvalue weighted by Gasteiger charge is -2.06. The third-order valence-corrected chi connectivity index (χ3v) is 2.53. The Kier molecular flexibility index (Phi) is 2.95. The first-order valence-corrected chi connectivity index (χ1v) is 5.17. The average molecular weight is 230 g/mol. The Balaban J connectivity index is 2.58. The number of carbonyl (C=O) groups is 1. The van der Waals surface area contributed by atoms with Crippen LogP contribution in [-0.2, 0) is 0 Å². The highest BCUT2D eigenvalue weighted by Crippen LogP contribution is 2.22. The SMILES string of the molecule is Cc1cc(-c2nc(C=O)ncc2C)ccc1F. The molecule has 1 aromatic heterocycles. The zero-order valence-corrected chi connectivity index (χ0v) is 9.57. The fourth-order valence-corrected chi connectivity index (χ4v) is 1.60. The van der Waals surface area contributed by atoms with E-state index < -0.39 is 0 Å². The molecule has 2 aromatic rings. The van der Waals surface area contributed by atoms with Crippen molar-refractivity contribution in [3.8, 4) is 11.3 Å². The molecule has 0 aliphatic rings. The number of aldehydes is 1. The van der Waals surface area contributed by atoms with Crippen LogP contribution < -0.4 is 0 Å². The molecular formula is C13H11FN2O. The highest BCUT2D eigenvalue weighted by Gasteiger charge is 2.07. The Morgan fingerprint density at radius 2 is 2.00 bits per heavy atom. The predicted octanol–water partition coefficient (Wildman–Crippen LogP) is 2.71. The van der Waals surface area contributed by atoms with E-state index in [0.29, 0.717) is 17.5 Å². The van der Waals surface area contributed by atoms with E-state index in [4.69, 9.17) is 0 Å². The number of halogens is 1. The summed E-state index contributed by atoms with van der Waals surface area (Å²) in [7, 11) is 0. The van der Waals surface area contributed by atoms with Gasteiger partial charge >= 0.3 is 0 Å². The molecular weight excluding hydrogens is 219 g/mol. The quantitative estimate of drug-likeness (QED) is 0.745. The van der Waals surface area contributed by atoms with Gasteiger partial charge in [0.2, 0.25) is 0 Å². The number of hydrogen-bond acceptors (Lipinski definition) is 3. The van der Waals surface area contributed by atoms with Crippen LogP contribution >= 0.6 is 0 Å². The van der Waals surface area contributed by atoms with Crippen LogP contribution in [0.25, 0.3) is 11.3 Å². The molecule has 0 aliphatic heterocycles. The molecule has 0 atom stereocenters. The largest absolute Gasteiger partial charge is 0.294 e. The molecule has 0 unspecified atom stereocenters. The van der Waals surface area contributed by atoms with Crippen molar-refractivity contribution in [1.29, 1.82) is 0 Å². The molecule has 0 amide bonds. The van der Waals surface area contributed by atoms with Gasteiger partial charge in [-0.05, 0) is 43.2 Å². The summed E-state index contributed by atoms with van der Waals surface area (Å²) in [6.07, 6.45) is 2.18. The number of aryl methyl sites for hydroxylation is 2. The second kappa shape index (κ2) is 4.41. The third-order valence-electron chi connectivity index (χ3n) is 2.53. The number of benzene rings is 1. The van der Waals surface area contributed by atoms with Gasteiger partial charge in [-0.3, -0.25) is 4.79 Å². The Hall–Kier alpha value is -2.10. The Morgan fingerprint density at radius 3 is 2.65 bits per heavy atom. The van der Waals surface area contributed by atoms with Crippen molar-refractivity contribution in [3.05, 3.63) is 47.2 Å². The maximum Gasteiger partial charge on any atom is 0.193 e. The van der Waals surface area contributed by atoms with E-state index in [1.165, 1.54) is 6.07 Å². The second-order valence-corrected chi connectivity index (χ2v) is 3.84. The van der Waals surface area contributed by atoms with Crippen molar-refractivity contribution in [2.24, 2.45) is 0 Å². The number of aromatic nitrogens is 2. The first-order chi connectivity index (χ1) is 8.11.